The third-order valence-corrected chi connectivity index (χ3v) is 2.82. The first-order valence-corrected chi connectivity index (χ1v) is 6.68. The van der Waals surface area contributed by atoms with Crippen LogP contribution in [0, 0.1) is 0 Å². The standard InChI is InChI=1S/C14H28O.Na/c1-2-3-4-5-6-7-8-9-10-11-12-13-14-15;/h13-15H,2-12H2,1H3;/q;+1/p-1. The molecular weight excluding hydrogens is 207 g/mol. The Balaban J connectivity index is 0. The molecule has 0 heterocycles. The van der Waals surface area contributed by atoms with Crippen LogP contribution in [-0.4, -0.2) is 0 Å². The van der Waals surface area contributed by atoms with Crippen molar-refractivity contribution < 1.29 is 34.7 Å². The van der Waals surface area contributed by atoms with Crippen molar-refractivity contribution in [3.63, 3.8) is 0 Å². The summed E-state index contributed by atoms with van der Waals surface area (Å²) >= 11 is 0. The van der Waals surface area contributed by atoms with Gasteiger partial charge >= 0.3 is 29.6 Å². The van der Waals surface area contributed by atoms with Gasteiger partial charge in [0.2, 0.25) is 0 Å². The molecule has 1 nitrogen and oxygen atoms in total. The Bertz CT molecular complexity index is 135. The number of hydrogen-bond donors (Lipinski definition) is 0. The molecule has 0 saturated carbocycles. The topological polar surface area (TPSA) is 23.1 Å². The van der Waals surface area contributed by atoms with Gasteiger partial charge in [0, 0.05) is 0 Å². The number of hydrogen-bond acceptors (Lipinski definition) is 1. The molecule has 0 amide bonds. The van der Waals surface area contributed by atoms with Crippen molar-refractivity contribution in [3.8, 4) is 0 Å². The van der Waals surface area contributed by atoms with Gasteiger partial charge in [-0.25, -0.2) is 0 Å². The molecule has 0 aromatic heterocycles. The Morgan fingerprint density at radius 2 is 1.19 bits per heavy atom. The van der Waals surface area contributed by atoms with Crippen LogP contribution in [-0.2, 0) is 0 Å². The maximum absolute atomic E-state index is 10.0. The molecule has 16 heavy (non-hydrogen) atoms. The zero-order chi connectivity index (χ0) is 11.2. The number of unbranched alkanes of at least 4 members (excludes halogenated alkanes) is 10. The van der Waals surface area contributed by atoms with Crippen molar-refractivity contribution in [2.24, 2.45) is 0 Å². The van der Waals surface area contributed by atoms with Gasteiger partial charge in [0.05, 0.1) is 0 Å². The van der Waals surface area contributed by atoms with Gasteiger partial charge < -0.3 is 5.11 Å². The second-order valence-electron chi connectivity index (χ2n) is 4.34. The molecule has 0 aliphatic heterocycles. The van der Waals surface area contributed by atoms with E-state index < -0.39 is 0 Å². The minimum Gasteiger partial charge on any atom is -0.878 e. The van der Waals surface area contributed by atoms with Crippen molar-refractivity contribution in [2.45, 2.75) is 77.6 Å². The summed E-state index contributed by atoms with van der Waals surface area (Å²) in [7, 11) is 0. The van der Waals surface area contributed by atoms with Gasteiger partial charge in [-0.05, 0) is 12.8 Å². The van der Waals surface area contributed by atoms with Gasteiger partial charge in [-0.3, -0.25) is 0 Å². The Hall–Kier alpha value is 0.540. The predicted octanol–water partition coefficient (Wildman–Crippen LogP) is 1.18. The molecule has 0 aliphatic carbocycles. The van der Waals surface area contributed by atoms with E-state index in [1.807, 2.05) is 0 Å². The van der Waals surface area contributed by atoms with Crippen molar-refractivity contribution >= 4 is 0 Å². The van der Waals surface area contributed by atoms with E-state index in [1.165, 1.54) is 64.2 Å². The molecule has 0 aliphatic rings. The number of allylic oxidation sites excluding steroid dienone is 1. The van der Waals surface area contributed by atoms with E-state index in [2.05, 4.69) is 6.92 Å². The molecule has 0 saturated heterocycles. The van der Waals surface area contributed by atoms with Gasteiger partial charge in [0.15, 0.2) is 0 Å². The summed E-state index contributed by atoms with van der Waals surface area (Å²) in [6.07, 6.45) is 17.2. The van der Waals surface area contributed by atoms with Crippen molar-refractivity contribution in [2.75, 3.05) is 0 Å². The van der Waals surface area contributed by atoms with Gasteiger partial charge in [0.1, 0.15) is 0 Å². The van der Waals surface area contributed by atoms with Gasteiger partial charge in [0.25, 0.3) is 0 Å². The van der Waals surface area contributed by atoms with Crippen LogP contribution in [0.3, 0.4) is 0 Å². The number of rotatable bonds is 11. The summed E-state index contributed by atoms with van der Waals surface area (Å²) in [6.45, 7) is 2.26. The first-order valence-electron chi connectivity index (χ1n) is 6.68. The third-order valence-electron chi connectivity index (χ3n) is 2.82. The monoisotopic (exact) mass is 234 g/mol. The maximum Gasteiger partial charge on any atom is 1.00 e. The van der Waals surface area contributed by atoms with E-state index in [4.69, 9.17) is 0 Å². The summed E-state index contributed by atoms with van der Waals surface area (Å²) in [5, 5.41) is 10.0. The van der Waals surface area contributed by atoms with Gasteiger partial charge in [-0.1, -0.05) is 70.8 Å². The first kappa shape index (κ1) is 18.9. The average molecular weight is 234 g/mol. The van der Waals surface area contributed by atoms with Crippen LogP contribution in [0.4, 0.5) is 0 Å². The van der Waals surface area contributed by atoms with Crippen LogP contribution in [0.15, 0.2) is 12.3 Å². The van der Waals surface area contributed by atoms with E-state index in [0.717, 1.165) is 12.7 Å². The molecule has 0 bridgehead atoms. The summed E-state index contributed by atoms with van der Waals surface area (Å²) < 4.78 is 0. The normalized spacial score (nSPS) is 10.6. The summed E-state index contributed by atoms with van der Waals surface area (Å²) in [5.41, 5.74) is 0. The van der Waals surface area contributed by atoms with Crippen LogP contribution in [0.25, 0.3) is 0 Å². The zero-order valence-corrected chi connectivity index (χ0v) is 13.3. The molecule has 0 atom stereocenters. The van der Waals surface area contributed by atoms with E-state index in [1.54, 1.807) is 6.08 Å². The molecule has 0 unspecified atom stereocenters. The fourth-order valence-corrected chi connectivity index (χ4v) is 1.82. The van der Waals surface area contributed by atoms with Gasteiger partial charge in [-0.15, -0.1) is 0 Å². The van der Waals surface area contributed by atoms with E-state index in [9.17, 15) is 5.11 Å². The Kier molecular flexibility index (Phi) is 21.2. The molecule has 0 aromatic carbocycles. The molecule has 0 spiro atoms. The average Bonchev–Trinajstić information content (AvgIpc) is 2.26. The quantitative estimate of drug-likeness (QED) is 0.299. The third kappa shape index (κ3) is 17.0. The summed E-state index contributed by atoms with van der Waals surface area (Å²) in [4.78, 5) is 0. The molecule has 2 heteroatoms. The zero-order valence-electron chi connectivity index (χ0n) is 11.3. The molecule has 0 radical (unpaired) electrons. The van der Waals surface area contributed by atoms with E-state index >= 15 is 0 Å². The van der Waals surface area contributed by atoms with Crippen molar-refractivity contribution in [3.05, 3.63) is 12.3 Å². The maximum atomic E-state index is 10.0. The molecule has 0 fully saturated rings. The van der Waals surface area contributed by atoms with Crippen LogP contribution in [0.5, 0.6) is 0 Å². The molecule has 90 valence electrons. The minimum atomic E-state index is 0. The van der Waals surface area contributed by atoms with Crippen molar-refractivity contribution in [1.82, 2.24) is 0 Å². The van der Waals surface area contributed by atoms with Crippen LogP contribution >= 0.6 is 0 Å². The fraction of sp³-hybridized carbons (Fsp3) is 0.857. The van der Waals surface area contributed by atoms with E-state index in [0.29, 0.717) is 0 Å². The Labute approximate surface area is 124 Å². The minimum absolute atomic E-state index is 0. The molecular formula is C14H27NaO. The van der Waals surface area contributed by atoms with Crippen LogP contribution in [0.2, 0.25) is 0 Å². The van der Waals surface area contributed by atoms with Gasteiger partial charge in [-0.2, -0.15) is 6.26 Å². The van der Waals surface area contributed by atoms with Crippen LogP contribution < -0.4 is 34.7 Å². The summed E-state index contributed by atoms with van der Waals surface area (Å²) in [5.74, 6) is 0. The second-order valence-corrected chi connectivity index (χ2v) is 4.34. The predicted molar refractivity (Wildman–Crippen MR) is 65.6 cm³/mol. The molecule has 0 aromatic rings. The fourth-order valence-electron chi connectivity index (χ4n) is 1.82. The smallest absolute Gasteiger partial charge is 0.878 e. The summed E-state index contributed by atoms with van der Waals surface area (Å²) in [6, 6.07) is 0. The Morgan fingerprint density at radius 3 is 1.62 bits per heavy atom. The van der Waals surface area contributed by atoms with Crippen molar-refractivity contribution in [1.29, 1.82) is 0 Å². The SMILES string of the molecule is CCCCCCCCCCCCC=C[O-].[Na+]. The van der Waals surface area contributed by atoms with E-state index in [-0.39, 0.29) is 29.6 Å². The van der Waals surface area contributed by atoms with Crippen LogP contribution in [0.1, 0.15) is 77.6 Å². The Morgan fingerprint density at radius 1 is 0.750 bits per heavy atom. The molecule has 0 rings (SSSR count). The first-order chi connectivity index (χ1) is 7.41. The largest absolute Gasteiger partial charge is 1.00 e. The molecule has 0 N–H and O–H groups in total. The second kappa shape index (κ2) is 17.9.